The number of fused-ring (bicyclic) bond motifs is 1. The normalized spacial score (nSPS) is 13.6. The first-order valence-corrected chi connectivity index (χ1v) is 11.5. The minimum Gasteiger partial charge on any atom is -0.322 e. The molecule has 0 fully saturated rings. The van der Waals surface area contributed by atoms with E-state index in [0.29, 0.717) is 29.9 Å². The van der Waals surface area contributed by atoms with Gasteiger partial charge in [-0.1, -0.05) is 12.1 Å². The quantitative estimate of drug-likeness (QED) is 0.634. The van der Waals surface area contributed by atoms with E-state index in [1.165, 1.54) is 16.4 Å². The Morgan fingerprint density at radius 1 is 0.968 bits per heavy atom. The Bertz CT molecular complexity index is 1250. The maximum Gasteiger partial charge on any atom is 0.264 e. The summed E-state index contributed by atoms with van der Waals surface area (Å²) >= 11 is 0. The fourth-order valence-corrected chi connectivity index (χ4v) is 5.22. The zero-order valence-electron chi connectivity index (χ0n) is 17.4. The number of hydrogen-bond acceptors (Lipinski definition) is 3. The van der Waals surface area contributed by atoms with Gasteiger partial charge in [0.15, 0.2) is 0 Å². The van der Waals surface area contributed by atoms with E-state index in [4.69, 9.17) is 0 Å². The molecule has 0 unspecified atom stereocenters. The molecule has 1 N–H and O–H groups in total. The summed E-state index contributed by atoms with van der Waals surface area (Å²) in [5.74, 6) is -0.749. The number of nitrogens with zero attached hydrogens (tertiary/aromatic N) is 1. The van der Waals surface area contributed by atoms with Gasteiger partial charge in [-0.3, -0.25) is 9.10 Å². The van der Waals surface area contributed by atoms with Crippen molar-refractivity contribution >= 4 is 27.3 Å². The molecule has 0 saturated heterocycles. The molecule has 7 heteroatoms. The highest BCUT2D eigenvalue weighted by molar-refractivity contribution is 7.92. The van der Waals surface area contributed by atoms with E-state index in [9.17, 15) is 17.6 Å². The Labute approximate surface area is 181 Å². The molecule has 0 aromatic heterocycles. The SMILES string of the molecule is Cc1ccc(C(=O)Nc2ccc3c(c2)N(S(=O)(=O)c2ccc(F)cc2)CCC3)cc1C. The number of amides is 1. The van der Waals surface area contributed by atoms with E-state index in [1.54, 1.807) is 18.2 Å². The van der Waals surface area contributed by atoms with Gasteiger partial charge in [0, 0.05) is 17.8 Å². The van der Waals surface area contributed by atoms with E-state index in [1.807, 2.05) is 32.0 Å². The molecule has 3 aromatic rings. The molecule has 0 bridgehead atoms. The molecule has 5 nitrogen and oxygen atoms in total. The van der Waals surface area contributed by atoms with Crippen molar-refractivity contribution in [3.8, 4) is 0 Å². The third-order valence-corrected chi connectivity index (χ3v) is 7.42. The van der Waals surface area contributed by atoms with Crippen molar-refractivity contribution in [2.75, 3.05) is 16.2 Å². The lowest BCUT2D eigenvalue weighted by Crippen LogP contribution is -2.35. The van der Waals surface area contributed by atoms with E-state index in [0.717, 1.165) is 35.2 Å². The Balaban J connectivity index is 1.65. The summed E-state index contributed by atoms with van der Waals surface area (Å²) in [5, 5.41) is 2.86. The second kappa shape index (κ2) is 8.15. The fourth-order valence-electron chi connectivity index (χ4n) is 3.69. The van der Waals surface area contributed by atoms with E-state index in [-0.39, 0.29) is 10.8 Å². The summed E-state index contributed by atoms with van der Waals surface area (Å²) in [7, 11) is -3.85. The van der Waals surface area contributed by atoms with Crippen molar-refractivity contribution in [1.82, 2.24) is 0 Å². The summed E-state index contributed by atoms with van der Waals surface area (Å²) in [6, 6.07) is 15.6. The van der Waals surface area contributed by atoms with Gasteiger partial charge in [-0.15, -0.1) is 0 Å². The van der Waals surface area contributed by atoms with Crippen LogP contribution in [-0.4, -0.2) is 20.9 Å². The summed E-state index contributed by atoms with van der Waals surface area (Å²) in [5.41, 5.74) is 4.61. The molecule has 1 heterocycles. The first-order valence-electron chi connectivity index (χ1n) is 10.1. The largest absolute Gasteiger partial charge is 0.322 e. The number of hydrogen-bond donors (Lipinski definition) is 1. The molecule has 1 aliphatic heterocycles. The van der Waals surface area contributed by atoms with E-state index in [2.05, 4.69) is 5.32 Å². The number of sulfonamides is 1. The molecule has 3 aromatic carbocycles. The first kappa shape index (κ1) is 21.1. The Hall–Kier alpha value is -3.19. The van der Waals surface area contributed by atoms with E-state index >= 15 is 0 Å². The van der Waals surface area contributed by atoms with Crippen LogP contribution in [0, 0.1) is 19.7 Å². The number of rotatable bonds is 4. The van der Waals surface area contributed by atoms with Gasteiger partial charge in [0.25, 0.3) is 15.9 Å². The third kappa shape index (κ3) is 4.18. The van der Waals surface area contributed by atoms with Gasteiger partial charge in [0.05, 0.1) is 10.6 Å². The molecular weight excluding hydrogens is 415 g/mol. The molecular formula is C24H23FN2O3S. The molecule has 1 amide bonds. The second-order valence-corrected chi connectivity index (χ2v) is 9.59. The lowest BCUT2D eigenvalue weighted by Gasteiger charge is -2.31. The van der Waals surface area contributed by atoms with Crippen molar-refractivity contribution in [3.05, 3.63) is 88.7 Å². The molecule has 0 spiro atoms. The molecule has 31 heavy (non-hydrogen) atoms. The van der Waals surface area contributed by atoms with Crippen molar-refractivity contribution < 1.29 is 17.6 Å². The van der Waals surface area contributed by atoms with Crippen molar-refractivity contribution in [1.29, 1.82) is 0 Å². The van der Waals surface area contributed by atoms with Crippen LogP contribution in [0.4, 0.5) is 15.8 Å². The Kier molecular flexibility index (Phi) is 5.54. The van der Waals surface area contributed by atoms with Crippen LogP contribution in [-0.2, 0) is 16.4 Å². The lowest BCUT2D eigenvalue weighted by atomic mass is 10.0. The van der Waals surface area contributed by atoms with Gasteiger partial charge in [-0.25, -0.2) is 12.8 Å². The number of benzene rings is 3. The number of halogens is 1. The summed E-state index contributed by atoms with van der Waals surface area (Å²) in [4.78, 5) is 12.7. The van der Waals surface area contributed by atoms with Gasteiger partial charge in [-0.05, 0) is 91.9 Å². The fraction of sp³-hybridized carbons (Fsp3) is 0.208. The molecule has 0 atom stereocenters. The van der Waals surface area contributed by atoms with Crippen LogP contribution in [0.1, 0.15) is 33.5 Å². The van der Waals surface area contributed by atoms with Crippen LogP contribution in [0.2, 0.25) is 0 Å². The van der Waals surface area contributed by atoms with Crippen LogP contribution < -0.4 is 9.62 Å². The van der Waals surface area contributed by atoms with Gasteiger partial charge < -0.3 is 5.32 Å². The molecule has 1 aliphatic rings. The number of carbonyl (C=O) groups is 1. The lowest BCUT2D eigenvalue weighted by molar-refractivity contribution is 0.102. The molecule has 0 radical (unpaired) electrons. The Morgan fingerprint density at radius 2 is 1.71 bits per heavy atom. The zero-order valence-corrected chi connectivity index (χ0v) is 18.2. The first-order chi connectivity index (χ1) is 14.8. The average molecular weight is 439 g/mol. The predicted molar refractivity (Wildman–Crippen MR) is 120 cm³/mol. The van der Waals surface area contributed by atoms with Crippen molar-refractivity contribution in [2.24, 2.45) is 0 Å². The van der Waals surface area contributed by atoms with Crippen molar-refractivity contribution in [3.63, 3.8) is 0 Å². The minimum atomic E-state index is -3.85. The highest BCUT2D eigenvalue weighted by atomic mass is 32.2. The van der Waals surface area contributed by atoms with Crippen LogP contribution >= 0.6 is 0 Å². The molecule has 0 saturated carbocycles. The zero-order chi connectivity index (χ0) is 22.2. The predicted octanol–water partition coefficient (Wildman–Crippen LogP) is 4.84. The standard InChI is InChI=1S/C24H23FN2O3S/c1-16-5-6-19(14-17(16)2)24(28)26-21-10-7-18-4-3-13-27(23(18)15-21)31(29,30)22-11-8-20(25)9-12-22/h5-12,14-15H,3-4,13H2,1-2H3,(H,26,28). The smallest absolute Gasteiger partial charge is 0.264 e. The second-order valence-electron chi connectivity index (χ2n) is 7.73. The summed E-state index contributed by atoms with van der Waals surface area (Å²) in [6.45, 7) is 4.25. The molecule has 160 valence electrons. The van der Waals surface area contributed by atoms with Gasteiger partial charge in [0.2, 0.25) is 0 Å². The topological polar surface area (TPSA) is 66.5 Å². The van der Waals surface area contributed by atoms with Crippen LogP contribution in [0.25, 0.3) is 0 Å². The van der Waals surface area contributed by atoms with Crippen LogP contribution in [0.5, 0.6) is 0 Å². The third-order valence-electron chi connectivity index (χ3n) is 5.59. The Morgan fingerprint density at radius 3 is 2.42 bits per heavy atom. The maximum absolute atomic E-state index is 13.3. The van der Waals surface area contributed by atoms with Gasteiger partial charge >= 0.3 is 0 Å². The average Bonchev–Trinajstić information content (AvgIpc) is 2.75. The monoisotopic (exact) mass is 438 g/mol. The van der Waals surface area contributed by atoms with Gasteiger partial charge in [-0.2, -0.15) is 0 Å². The van der Waals surface area contributed by atoms with E-state index < -0.39 is 15.8 Å². The van der Waals surface area contributed by atoms with Gasteiger partial charge in [0.1, 0.15) is 5.82 Å². The maximum atomic E-state index is 13.3. The highest BCUT2D eigenvalue weighted by Crippen LogP contribution is 2.34. The number of nitrogens with one attached hydrogen (secondary N) is 1. The van der Waals surface area contributed by atoms with Crippen LogP contribution in [0.3, 0.4) is 0 Å². The molecule has 0 aliphatic carbocycles. The van der Waals surface area contributed by atoms with Crippen LogP contribution in [0.15, 0.2) is 65.6 Å². The number of carbonyl (C=O) groups excluding carboxylic acids is 1. The summed E-state index contributed by atoms with van der Waals surface area (Å²) < 4.78 is 41.0. The minimum absolute atomic E-state index is 0.0336. The summed E-state index contributed by atoms with van der Waals surface area (Å²) in [6.07, 6.45) is 1.43. The number of aryl methyl sites for hydroxylation is 3. The molecule has 4 rings (SSSR count). The number of anilines is 2. The van der Waals surface area contributed by atoms with Crippen molar-refractivity contribution in [2.45, 2.75) is 31.6 Å². The highest BCUT2D eigenvalue weighted by Gasteiger charge is 2.29.